The summed E-state index contributed by atoms with van der Waals surface area (Å²) >= 11 is 0. The van der Waals surface area contributed by atoms with Crippen molar-refractivity contribution in [2.24, 2.45) is 0 Å². The number of methoxy groups -OCH3 is 1. The number of rotatable bonds is 7. The number of Topliss-reactive ketones (excluding diaryl/α,β-unsaturated/α-hetero) is 1. The number of carbonyl (C=O) groups excluding carboxylic acids is 1. The van der Waals surface area contributed by atoms with E-state index in [1.807, 2.05) is 30.3 Å². The molecule has 2 N–H and O–H groups in total. The molecule has 0 saturated carbocycles. The highest BCUT2D eigenvalue weighted by molar-refractivity contribution is 6.12. The molecular formula is C25H28N2O5. The number of benzene rings is 2. The van der Waals surface area contributed by atoms with E-state index in [0.717, 1.165) is 37.5 Å². The van der Waals surface area contributed by atoms with Gasteiger partial charge < -0.3 is 19.7 Å². The first kappa shape index (κ1) is 22.1. The molecule has 4 rings (SSSR count). The molecule has 0 aromatic heterocycles. The van der Waals surface area contributed by atoms with Crippen molar-refractivity contribution in [2.45, 2.75) is 6.54 Å². The van der Waals surface area contributed by atoms with E-state index in [1.165, 1.54) is 0 Å². The van der Waals surface area contributed by atoms with Crippen molar-refractivity contribution in [3.05, 3.63) is 71.0 Å². The third kappa shape index (κ3) is 4.70. The molecule has 1 saturated heterocycles. The highest BCUT2D eigenvalue weighted by Gasteiger charge is 2.31. The first-order valence-electron chi connectivity index (χ1n) is 10.7. The Kier molecular flexibility index (Phi) is 6.90. The smallest absolute Gasteiger partial charge is 0.231 e. The number of nitrogens with zero attached hydrogens (tertiary/aromatic N) is 2. The second-order valence-electron chi connectivity index (χ2n) is 7.84. The van der Waals surface area contributed by atoms with Gasteiger partial charge in [-0.15, -0.1) is 0 Å². The van der Waals surface area contributed by atoms with Gasteiger partial charge in [0.2, 0.25) is 5.78 Å². The molecule has 0 amide bonds. The van der Waals surface area contributed by atoms with Gasteiger partial charge in [-0.3, -0.25) is 14.6 Å². The SMILES string of the molecule is COc1ccccc1/C=C/C=C1/Oc2c(ccc(O)c2CN2CCN(CCO)CC2)C1=O. The van der Waals surface area contributed by atoms with Gasteiger partial charge >= 0.3 is 0 Å². The Hall–Kier alpha value is -3.13. The average molecular weight is 437 g/mol. The Labute approximate surface area is 187 Å². The molecule has 7 nitrogen and oxygen atoms in total. The summed E-state index contributed by atoms with van der Waals surface area (Å²) in [6, 6.07) is 10.8. The maximum absolute atomic E-state index is 12.9. The maximum atomic E-state index is 12.9. The minimum absolute atomic E-state index is 0.125. The van der Waals surface area contributed by atoms with Gasteiger partial charge in [-0.2, -0.15) is 0 Å². The number of fused-ring (bicyclic) bond motifs is 1. The van der Waals surface area contributed by atoms with Crippen LogP contribution in [0.3, 0.4) is 0 Å². The molecule has 168 valence electrons. The third-order valence-electron chi connectivity index (χ3n) is 5.84. The predicted molar refractivity (Wildman–Crippen MR) is 122 cm³/mol. The topological polar surface area (TPSA) is 82.5 Å². The van der Waals surface area contributed by atoms with Crippen molar-refractivity contribution in [3.8, 4) is 17.2 Å². The second-order valence-corrected chi connectivity index (χ2v) is 7.84. The van der Waals surface area contributed by atoms with Crippen LogP contribution in [0.25, 0.3) is 6.08 Å². The number of hydrogen-bond donors (Lipinski definition) is 2. The number of ketones is 1. The molecule has 0 aliphatic carbocycles. The third-order valence-corrected chi connectivity index (χ3v) is 5.84. The Morgan fingerprint density at radius 3 is 2.59 bits per heavy atom. The molecule has 7 heteroatoms. The normalized spacial score (nSPS) is 18.3. The lowest BCUT2D eigenvalue weighted by atomic mass is 10.0. The molecule has 1 fully saturated rings. The number of phenolic OH excluding ortho intramolecular Hbond substituents is 1. The van der Waals surface area contributed by atoms with Crippen molar-refractivity contribution in [2.75, 3.05) is 46.4 Å². The number of ether oxygens (including phenoxy) is 2. The van der Waals surface area contributed by atoms with E-state index in [4.69, 9.17) is 14.6 Å². The molecule has 0 unspecified atom stereocenters. The molecule has 2 aromatic rings. The first-order valence-corrected chi connectivity index (χ1v) is 10.7. The standard InChI is InChI=1S/C25H28N2O5/c1-31-22-7-3-2-5-18(22)6-4-8-23-24(30)19-9-10-21(29)20(25(19)32-23)17-27-13-11-26(12-14-27)15-16-28/h2-10,28-29H,11-17H2,1H3/b6-4+,23-8+. The summed E-state index contributed by atoms with van der Waals surface area (Å²) in [5, 5.41) is 19.6. The molecule has 0 radical (unpaired) electrons. The van der Waals surface area contributed by atoms with Crippen molar-refractivity contribution < 1.29 is 24.5 Å². The van der Waals surface area contributed by atoms with E-state index in [9.17, 15) is 9.90 Å². The van der Waals surface area contributed by atoms with Crippen LogP contribution in [0.2, 0.25) is 0 Å². The highest BCUT2D eigenvalue weighted by Crippen LogP contribution is 2.39. The van der Waals surface area contributed by atoms with Gasteiger partial charge in [0.25, 0.3) is 0 Å². The molecule has 2 heterocycles. The summed E-state index contributed by atoms with van der Waals surface area (Å²) in [6.07, 6.45) is 5.26. The highest BCUT2D eigenvalue weighted by atomic mass is 16.5. The predicted octanol–water partition coefficient (Wildman–Crippen LogP) is 2.68. The van der Waals surface area contributed by atoms with Crippen LogP contribution in [-0.2, 0) is 6.54 Å². The fourth-order valence-corrected chi connectivity index (χ4v) is 4.04. The number of aromatic hydroxyl groups is 1. The van der Waals surface area contributed by atoms with E-state index < -0.39 is 0 Å². The number of piperazine rings is 1. The van der Waals surface area contributed by atoms with E-state index in [-0.39, 0.29) is 23.9 Å². The minimum Gasteiger partial charge on any atom is -0.507 e. The molecule has 0 spiro atoms. The monoisotopic (exact) mass is 436 g/mol. The fraction of sp³-hybridized carbons (Fsp3) is 0.320. The van der Waals surface area contributed by atoms with Gasteiger partial charge in [0, 0.05) is 44.8 Å². The molecular weight excluding hydrogens is 408 g/mol. The van der Waals surface area contributed by atoms with Crippen LogP contribution in [0.1, 0.15) is 21.5 Å². The van der Waals surface area contributed by atoms with Gasteiger partial charge in [-0.25, -0.2) is 0 Å². The van der Waals surface area contributed by atoms with Gasteiger partial charge in [0.1, 0.15) is 17.2 Å². The van der Waals surface area contributed by atoms with Crippen LogP contribution < -0.4 is 9.47 Å². The number of hydrogen-bond acceptors (Lipinski definition) is 7. The zero-order chi connectivity index (χ0) is 22.5. The Morgan fingerprint density at radius 1 is 1.09 bits per heavy atom. The summed E-state index contributed by atoms with van der Waals surface area (Å²) in [5.74, 6) is 1.34. The van der Waals surface area contributed by atoms with Crippen LogP contribution >= 0.6 is 0 Å². The van der Waals surface area contributed by atoms with Crippen LogP contribution in [0, 0.1) is 0 Å². The number of carbonyl (C=O) groups is 1. The Balaban J connectivity index is 1.50. The molecule has 2 aliphatic heterocycles. The zero-order valence-corrected chi connectivity index (χ0v) is 18.2. The van der Waals surface area contributed by atoms with E-state index in [2.05, 4.69) is 9.80 Å². The summed E-state index contributed by atoms with van der Waals surface area (Å²) < 4.78 is 11.3. The second kappa shape index (κ2) is 9.99. The van der Waals surface area contributed by atoms with Crippen molar-refractivity contribution in [1.29, 1.82) is 0 Å². The first-order chi connectivity index (χ1) is 15.6. The van der Waals surface area contributed by atoms with Crippen LogP contribution in [0.5, 0.6) is 17.2 Å². The largest absolute Gasteiger partial charge is 0.507 e. The Morgan fingerprint density at radius 2 is 1.84 bits per heavy atom. The molecule has 0 atom stereocenters. The summed E-state index contributed by atoms with van der Waals surface area (Å²) in [7, 11) is 1.62. The van der Waals surface area contributed by atoms with Crippen molar-refractivity contribution >= 4 is 11.9 Å². The molecule has 32 heavy (non-hydrogen) atoms. The van der Waals surface area contributed by atoms with Gasteiger partial charge in [-0.05, 0) is 24.3 Å². The lowest BCUT2D eigenvalue weighted by molar-refractivity contribution is 0.101. The van der Waals surface area contributed by atoms with Gasteiger partial charge in [0.05, 0.1) is 24.8 Å². The lowest BCUT2D eigenvalue weighted by Gasteiger charge is -2.34. The van der Waals surface area contributed by atoms with Crippen molar-refractivity contribution in [1.82, 2.24) is 9.80 Å². The number of aliphatic hydroxyl groups is 1. The van der Waals surface area contributed by atoms with Crippen LogP contribution in [0.4, 0.5) is 0 Å². The van der Waals surface area contributed by atoms with E-state index >= 15 is 0 Å². The fourth-order valence-electron chi connectivity index (χ4n) is 4.04. The quantitative estimate of drug-likeness (QED) is 0.646. The van der Waals surface area contributed by atoms with E-state index in [1.54, 1.807) is 31.4 Å². The van der Waals surface area contributed by atoms with Crippen molar-refractivity contribution in [3.63, 3.8) is 0 Å². The molecule has 0 bridgehead atoms. The molecule has 2 aliphatic rings. The number of phenols is 1. The van der Waals surface area contributed by atoms with Gasteiger partial charge in [-0.1, -0.05) is 30.4 Å². The average Bonchev–Trinajstić information content (AvgIpc) is 3.13. The number of para-hydroxylation sites is 1. The van der Waals surface area contributed by atoms with Crippen LogP contribution in [0.15, 0.2) is 54.3 Å². The molecule has 2 aromatic carbocycles. The van der Waals surface area contributed by atoms with Gasteiger partial charge in [0.15, 0.2) is 5.76 Å². The zero-order valence-electron chi connectivity index (χ0n) is 18.2. The number of allylic oxidation sites excluding steroid dienone is 3. The number of aliphatic hydroxyl groups excluding tert-OH is 1. The summed E-state index contributed by atoms with van der Waals surface area (Å²) in [5.41, 5.74) is 1.99. The summed E-state index contributed by atoms with van der Waals surface area (Å²) in [6.45, 7) is 4.68. The lowest BCUT2D eigenvalue weighted by Crippen LogP contribution is -2.46. The summed E-state index contributed by atoms with van der Waals surface area (Å²) in [4.78, 5) is 17.3. The number of β-amino-alcohol motifs (C(OH)–C–C–N with tert-alkyl or cyclic N) is 1. The Bertz CT molecular complexity index is 1040. The van der Waals surface area contributed by atoms with E-state index in [0.29, 0.717) is 30.0 Å². The maximum Gasteiger partial charge on any atom is 0.231 e. The minimum atomic E-state index is -0.196. The van der Waals surface area contributed by atoms with Crippen LogP contribution in [-0.4, -0.2) is 72.2 Å².